The lowest BCUT2D eigenvalue weighted by atomic mass is 10.0. The average Bonchev–Trinajstić information content (AvgIpc) is 3.39. The number of benzene rings is 1. The second-order valence-corrected chi connectivity index (χ2v) is 8.70. The minimum absolute atomic E-state index is 0.0473. The van der Waals surface area contributed by atoms with Crippen molar-refractivity contribution >= 4 is 28.5 Å². The quantitative estimate of drug-likeness (QED) is 0.641. The van der Waals surface area contributed by atoms with E-state index in [0.29, 0.717) is 36.3 Å². The Bertz CT molecular complexity index is 1250. The number of rotatable bonds is 5. The maximum atomic E-state index is 11.7. The Morgan fingerprint density at radius 1 is 1.22 bits per heavy atom. The maximum Gasteiger partial charge on any atom is 0.262 e. The second kappa shape index (κ2) is 7.22. The third kappa shape index (κ3) is 3.34. The number of imidazole rings is 1. The summed E-state index contributed by atoms with van der Waals surface area (Å²) in [6.45, 7) is 2.59. The van der Waals surface area contributed by atoms with Crippen molar-refractivity contribution in [2.45, 2.75) is 38.3 Å². The lowest BCUT2D eigenvalue weighted by Crippen LogP contribution is -2.26. The molecule has 2 aromatic heterocycles. The number of anilines is 1. The molecule has 2 N–H and O–H groups in total. The van der Waals surface area contributed by atoms with E-state index in [1.165, 1.54) is 0 Å². The first-order chi connectivity index (χ1) is 15.5. The van der Waals surface area contributed by atoms with Crippen LogP contribution in [0.1, 0.15) is 32.2 Å². The van der Waals surface area contributed by atoms with E-state index in [4.69, 9.17) is 9.47 Å². The highest BCUT2D eigenvalue weighted by molar-refractivity contribution is 5.95. The summed E-state index contributed by atoms with van der Waals surface area (Å²) in [6.07, 6.45) is 4.49. The van der Waals surface area contributed by atoms with Gasteiger partial charge in [-0.3, -0.25) is 9.59 Å². The third-order valence-corrected chi connectivity index (χ3v) is 6.33. The highest BCUT2D eigenvalue weighted by Gasteiger charge is 2.31. The maximum absolute atomic E-state index is 11.7. The molecular weight excluding hydrogens is 410 g/mol. The van der Waals surface area contributed by atoms with E-state index >= 15 is 0 Å². The first-order valence-corrected chi connectivity index (χ1v) is 10.9. The van der Waals surface area contributed by atoms with Crippen LogP contribution in [0.3, 0.4) is 0 Å². The van der Waals surface area contributed by atoms with Crippen LogP contribution in [0.5, 0.6) is 11.6 Å². The fourth-order valence-electron chi connectivity index (χ4n) is 4.38. The van der Waals surface area contributed by atoms with E-state index in [1.54, 1.807) is 6.07 Å². The molecule has 3 aliphatic rings. The molecule has 0 bridgehead atoms. The number of nitrogens with zero attached hydrogens (tertiary/aromatic N) is 3. The Balaban J connectivity index is 1.40. The molecule has 164 valence electrons. The highest BCUT2D eigenvalue weighted by Crippen LogP contribution is 2.42. The van der Waals surface area contributed by atoms with Crippen LogP contribution in [0.2, 0.25) is 0 Å². The number of carbonyl (C=O) groups is 2. The van der Waals surface area contributed by atoms with Crippen molar-refractivity contribution < 1.29 is 19.1 Å². The first kappa shape index (κ1) is 19.1. The van der Waals surface area contributed by atoms with Crippen molar-refractivity contribution in [2.75, 3.05) is 18.5 Å². The van der Waals surface area contributed by atoms with Gasteiger partial charge in [-0.05, 0) is 44.0 Å². The molecular formula is C23H23N5O4. The third-order valence-electron chi connectivity index (χ3n) is 6.33. The molecule has 6 rings (SSSR count). The molecule has 1 aliphatic carbocycles. The summed E-state index contributed by atoms with van der Waals surface area (Å²) >= 11 is 0. The molecule has 4 heterocycles. The van der Waals surface area contributed by atoms with Crippen molar-refractivity contribution in [3.63, 3.8) is 0 Å². The number of pyridine rings is 1. The number of aromatic nitrogens is 3. The van der Waals surface area contributed by atoms with Crippen LogP contribution in [0.4, 0.5) is 5.69 Å². The van der Waals surface area contributed by atoms with Crippen LogP contribution >= 0.6 is 0 Å². The minimum Gasteiger partial charge on any atom is -0.488 e. The summed E-state index contributed by atoms with van der Waals surface area (Å²) in [5, 5.41) is 5.65. The van der Waals surface area contributed by atoms with Crippen LogP contribution in [0, 0.1) is 5.92 Å². The van der Waals surface area contributed by atoms with Crippen molar-refractivity contribution in [3.05, 3.63) is 30.6 Å². The van der Waals surface area contributed by atoms with E-state index < -0.39 is 0 Å². The summed E-state index contributed by atoms with van der Waals surface area (Å²) in [5.74, 6) is 1.14. The number of amides is 2. The van der Waals surface area contributed by atoms with Gasteiger partial charge in [0, 0.05) is 30.5 Å². The largest absolute Gasteiger partial charge is 0.488 e. The Morgan fingerprint density at radius 2 is 2.09 bits per heavy atom. The van der Waals surface area contributed by atoms with Crippen LogP contribution in [0.15, 0.2) is 30.6 Å². The molecule has 2 unspecified atom stereocenters. The van der Waals surface area contributed by atoms with Gasteiger partial charge in [0.2, 0.25) is 11.8 Å². The van der Waals surface area contributed by atoms with Gasteiger partial charge in [-0.15, -0.1) is 0 Å². The normalized spacial score (nSPS) is 21.0. The molecule has 9 nitrogen and oxygen atoms in total. The molecule has 1 saturated carbocycles. The molecule has 2 atom stereocenters. The summed E-state index contributed by atoms with van der Waals surface area (Å²) in [4.78, 5) is 32.5. The van der Waals surface area contributed by atoms with E-state index in [0.717, 1.165) is 35.2 Å². The van der Waals surface area contributed by atoms with Gasteiger partial charge < -0.3 is 24.7 Å². The van der Waals surface area contributed by atoms with Crippen LogP contribution < -0.4 is 20.1 Å². The van der Waals surface area contributed by atoms with Gasteiger partial charge in [0.1, 0.15) is 23.1 Å². The molecule has 2 fully saturated rings. The molecule has 3 aromatic rings. The smallest absolute Gasteiger partial charge is 0.262 e. The standard InChI is InChI=1S/C23H23N5O4/c1-12(14-8-20(29)24-9-14)32-19-7-13(6-18-22(19)28(11-25-18)15-2-3-15)16-4-5-17-23(27-16)31-10-21(30)26-17/h4-7,11-12,14-15H,2-3,8-10H2,1H3,(H,24,29)(H,26,30). The molecule has 1 saturated heterocycles. The number of nitrogens with one attached hydrogen (secondary N) is 2. The summed E-state index contributed by atoms with van der Waals surface area (Å²) in [5.41, 5.74) is 3.93. The van der Waals surface area contributed by atoms with Gasteiger partial charge in [-0.2, -0.15) is 0 Å². The van der Waals surface area contributed by atoms with Gasteiger partial charge in [0.05, 0.1) is 17.5 Å². The van der Waals surface area contributed by atoms with E-state index in [2.05, 4.69) is 25.2 Å². The van der Waals surface area contributed by atoms with E-state index in [-0.39, 0.29) is 30.4 Å². The molecule has 2 aliphatic heterocycles. The molecule has 1 aromatic carbocycles. The van der Waals surface area contributed by atoms with Crippen molar-refractivity contribution in [1.29, 1.82) is 0 Å². The number of ether oxygens (including phenoxy) is 2. The van der Waals surface area contributed by atoms with E-state index in [1.807, 2.05) is 31.5 Å². The van der Waals surface area contributed by atoms with Crippen molar-refractivity contribution in [2.24, 2.45) is 5.92 Å². The zero-order valence-corrected chi connectivity index (χ0v) is 17.6. The molecule has 0 radical (unpaired) electrons. The number of fused-ring (bicyclic) bond motifs is 2. The van der Waals surface area contributed by atoms with Crippen LogP contribution in [0.25, 0.3) is 22.3 Å². The SMILES string of the molecule is CC(Oc1cc(-c2ccc3c(n2)OCC(=O)N3)cc2ncn(C3CC3)c12)C1CNC(=O)C1. The second-order valence-electron chi connectivity index (χ2n) is 8.70. The van der Waals surface area contributed by atoms with Crippen LogP contribution in [-0.2, 0) is 9.59 Å². The predicted molar refractivity (Wildman–Crippen MR) is 117 cm³/mol. The monoisotopic (exact) mass is 433 g/mol. The van der Waals surface area contributed by atoms with Gasteiger partial charge in [0.15, 0.2) is 6.61 Å². The average molecular weight is 433 g/mol. The van der Waals surface area contributed by atoms with Crippen molar-refractivity contribution in [1.82, 2.24) is 19.9 Å². The Labute approximate surface area is 184 Å². The lowest BCUT2D eigenvalue weighted by molar-refractivity contribution is -0.120. The zero-order valence-electron chi connectivity index (χ0n) is 17.6. The molecule has 9 heteroatoms. The number of hydrogen-bond donors (Lipinski definition) is 2. The van der Waals surface area contributed by atoms with Crippen LogP contribution in [-0.4, -0.2) is 45.6 Å². The Kier molecular flexibility index (Phi) is 4.31. The fourth-order valence-corrected chi connectivity index (χ4v) is 4.38. The molecule has 0 spiro atoms. The predicted octanol–water partition coefficient (Wildman–Crippen LogP) is 2.67. The highest BCUT2D eigenvalue weighted by atomic mass is 16.5. The Morgan fingerprint density at radius 3 is 2.88 bits per heavy atom. The molecule has 32 heavy (non-hydrogen) atoms. The number of carbonyl (C=O) groups excluding carboxylic acids is 2. The minimum atomic E-state index is -0.191. The van der Waals surface area contributed by atoms with Crippen molar-refractivity contribution in [3.8, 4) is 22.9 Å². The molecule has 2 amide bonds. The van der Waals surface area contributed by atoms with Gasteiger partial charge in [-0.1, -0.05) is 0 Å². The summed E-state index contributed by atoms with van der Waals surface area (Å²) in [6, 6.07) is 8.08. The Hall–Kier alpha value is -3.62. The fraction of sp³-hybridized carbons (Fsp3) is 0.391. The summed E-state index contributed by atoms with van der Waals surface area (Å²) in [7, 11) is 0. The topological polar surface area (TPSA) is 107 Å². The first-order valence-electron chi connectivity index (χ1n) is 10.9. The summed E-state index contributed by atoms with van der Waals surface area (Å²) < 4.78 is 14.1. The van der Waals surface area contributed by atoms with Gasteiger partial charge in [-0.25, -0.2) is 9.97 Å². The lowest BCUT2D eigenvalue weighted by Gasteiger charge is -2.21. The van der Waals surface area contributed by atoms with E-state index in [9.17, 15) is 9.59 Å². The van der Waals surface area contributed by atoms with Gasteiger partial charge in [0.25, 0.3) is 5.91 Å². The van der Waals surface area contributed by atoms with Gasteiger partial charge >= 0.3 is 0 Å². The zero-order chi connectivity index (χ0) is 21.8. The number of hydrogen-bond acceptors (Lipinski definition) is 6.